The Hall–Kier alpha value is -1.89. The van der Waals surface area contributed by atoms with E-state index in [4.69, 9.17) is 0 Å². The summed E-state index contributed by atoms with van der Waals surface area (Å²) in [4.78, 5) is 38.4. The van der Waals surface area contributed by atoms with Crippen LogP contribution in [0.25, 0.3) is 0 Å². The summed E-state index contributed by atoms with van der Waals surface area (Å²) in [6.45, 7) is 5.96. The Morgan fingerprint density at radius 1 is 1.39 bits per heavy atom. The first-order chi connectivity index (χ1) is 10.8. The van der Waals surface area contributed by atoms with E-state index in [2.05, 4.69) is 5.32 Å². The van der Waals surface area contributed by atoms with E-state index in [-0.39, 0.29) is 17.7 Å². The molecular weight excluding hydrogens is 316 g/mol. The summed E-state index contributed by atoms with van der Waals surface area (Å²) in [5, 5.41) is 13.9. The van der Waals surface area contributed by atoms with Crippen LogP contribution in [-0.4, -0.2) is 46.4 Å². The van der Waals surface area contributed by atoms with E-state index in [1.165, 1.54) is 16.2 Å². The van der Waals surface area contributed by atoms with Crippen LogP contribution in [0.5, 0.6) is 0 Å². The van der Waals surface area contributed by atoms with Crippen LogP contribution < -0.4 is 5.32 Å². The summed E-state index contributed by atoms with van der Waals surface area (Å²) >= 11 is 1.33. The number of carboxylic acid groups (broad SMARTS) is 1. The van der Waals surface area contributed by atoms with E-state index < -0.39 is 18.1 Å². The third kappa shape index (κ3) is 3.72. The summed E-state index contributed by atoms with van der Waals surface area (Å²) in [5.74, 6) is -1.70. The van der Waals surface area contributed by atoms with E-state index in [1.807, 2.05) is 32.2 Å². The second kappa shape index (κ2) is 7.12. The molecule has 2 amide bonds. The standard InChI is InChI=1S/C16H22N2O4S/c1-9(2)12(17-14(19)13-10(3)6-8-23-13)15(20)18-7-4-5-11(18)16(21)22/h6,8-9,11-12H,4-5,7H2,1-3H3,(H,17,19)(H,21,22)/t11-,12-/m0/s1. The van der Waals surface area contributed by atoms with Crippen molar-refractivity contribution in [1.82, 2.24) is 10.2 Å². The second-order valence-electron chi connectivity index (χ2n) is 6.16. The topological polar surface area (TPSA) is 86.7 Å². The molecule has 23 heavy (non-hydrogen) atoms. The van der Waals surface area contributed by atoms with Gasteiger partial charge in [0.1, 0.15) is 12.1 Å². The molecule has 6 nitrogen and oxygen atoms in total. The lowest BCUT2D eigenvalue weighted by molar-refractivity contribution is -0.149. The van der Waals surface area contributed by atoms with E-state index in [0.717, 1.165) is 5.56 Å². The summed E-state index contributed by atoms with van der Waals surface area (Å²) < 4.78 is 0. The number of rotatable bonds is 5. The number of likely N-dealkylation sites (tertiary alicyclic amines) is 1. The fourth-order valence-corrected chi connectivity index (χ4v) is 3.62. The minimum absolute atomic E-state index is 0.123. The second-order valence-corrected chi connectivity index (χ2v) is 7.07. The van der Waals surface area contributed by atoms with Gasteiger partial charge in [0.15, 0.2) is 0 Å². The molecule has 2 heterocycles. The molecule has 1 saturated heterocycles. The maximum Gasteiger partial charge on any atom is 0.326 e. The van der Waals surface area contributed by atoms with E-state index >= 15 is 0 Å². The Kier molecular flexibility index (Phi) is 5.41. The third-order valence-electron chi connectivity index (χ3n) is 4.11. The molecule has 2 atom stereocenters. The first-order valence-electron chi connectivity index (χ1n) is 7.71. The van der Waals surface area contributed by atoms with Gasteiger partial charge in [0, 0.05) is 6.54 Å². The molecule has 0 bridgehead atoms. The van der Waals surface area contributed by atoms with Crippen LogP contribution in [-0.2, 0) is 9.59 Å². The molecule has 0 unspecified atom stereocenters. The zero-order valence-electron chi connectivity index (χ0n) is 13.5. The van der Waals surface area contributed by atoms with Crippen LogP contribution in [0.1, 0.15) is 41.9 Å². The lowest BCUT2D eigenvalue weighted by Gasteiger charge is -2.29. The van der Waals surface area contributed by atoms with Crippen molar-refractivity contribution >= 4 is 29.1 Å². The number of thiophene rings is 1. The van der Waals surface area contributed by atoms with Crippen LogP contribution in [0.4, 0.5) is 0 Å². The molecule has 1 aromatic heterocycles. The minimum Gasteiger partial charge on any atom is -0.480 e. The number of aliphatic carboxylic acids is 1. The molecule has 0 spiro atoms. The fourth-order valence-electron chi connectivity index (χ4n) is 2.79. The fraction of sp³-hybridized carbons (Fsp3) is 0.562. The summed E-state index contributed by atoms with van der Waals surface area (Å²) in [6, 6.07) is 0.347. The number of aryl methyl sites for hydroxylation is 1. The van der Waals surface area contributed by atoms with Gasteiger partial charge in [0.05, 0.1) is 4.88 Å². The maximum atomic E-state index is 12.7. The molecule has 1 aromatic rings. The Balaban J connectivity index is 2.15. The molecule has 1 aliphatic heterocycles. The quantitative estimate of drug-likeness (QED) is 0.858. The number of amides is 2. The van der Waals surface area contributed by atoms with Crippen molar-refractivity contribution in [3.8, 4) is 0 Å². The number of carbonyl (C=O) groups is 3. The number of nitrogens with zero attached hydrogens (tertiary/aromatic N) is 1. The molecule has 126 valence electrons. The Morgan fingerprint density at radius 3 is 2.61 bits per heavy atom. The van der Waals surface area contributed by atoms with Crippen LogP contribution in [0.3, 0.4) is 0 Å². The lowest BCUT2D eigenvalue weighted by Crippen LogP contribution is -2.53. The number of carbonyl (C=O) groups excluding carboxylic acids is 2. The molecule has 1 aliphatic rings. The Morgan fingerprint density at radius 2 is 2.09 bits per heavy atom. The molecule has 0 aliphatic carbocycles. The van der Waals surface area contributed by atoms with Gasteiger partial charge < -0.3 is 15.3 Å². The van der Waals surface area contributed by atoms with Crippen molar-refractivity contribution in [1.29, 1.82) is 0 Å². The van der Waals surface area contributed by atoms with Crippen LogP contribution in [0, 0.1) is 12.8 Å². The molecule has 2 rings (SSSR count). The van der Waals surface area contributed by atoms with Gasteiger partial charge in [-0.1, -0.05) is 13.8 Å². The van der Waals surface area contributed by atoms with E-state index in [9.17, 15) is 19.5 Å². The number of hydrogen-bond donors (Lipinski definition) is 2. The molecule has 2 N–H and O–H groups in total. The van der Waals surface area contributed by atoms with Gasteiger partial charge in [-0.3, -0.25) is 9.59 Å². The molecule has 0 radical (unpaired) electrons. The van der Waals surface area contributed by atoms with Gasteiger partial charge in [0.25, 0.3) is 5.91 Å². The monoisotopic (exact) mass is 338 g/mol. The van der Waals surface area contributed by atoms with Gasteiger partial charge in [-0.25, -0.2) is 4.79 Å². The number of carboxylic acids is 1. The maximum absolute atomic E-state index is 12.7. The van der Waals surface area contributed by atoms with Crippen molar-refractivity contribution in [3.05, 3.63) is 21.9 Å². The van der Waals surface area contributed by atoms with Crippen molar-refractivity contribution in [3.63, 3.8) is 0 Å². The van der Waals surface area contributed by atoms with Gasteiger partial charge in [-0.15, -0.1) is 11.3 Å². The summed E-state index contributed by atoms with van der Waals surface area (Å²) in [5.41, 5.74) is 0.868. The Bertz CT molecular complexity index is 611. The zero-order chi connectivity index (χ0) is 17.1. The van der Waals surface area contributed by atoms with E-state index in [0.29, 0.717) is 24.3 Å². The molecule has 7 heteroatoms. The summed E-state index contributed by atoms with van der Waals surface area (Å²) in [6.07, 6.45) is 1.13. The van der Waals surface area contributed by atoms with Gasteiger partial charge in [-0.05, 0) is 42.7 Å². The minimum atomic E-state index is -0.987. The first kappa shape index (κ1) is 17.5. The van der Waals surface area contributed by atoms with Gasteiger partial charge >= 0.3 is 5.97 Å². The van der Waals surface area contributed by atoms with Crippen molar-refractivity contribution in [2.45, 2.75) is 45.7 Å². The highest BCUT2D eigenvalue weighted by atomic mass is 32.1. The van der Waals surface area contributed by atoms with Gasteiger partial charge in [-0.2, -0.15) is 0 Å². The predicted octanol–water partition coefficient (Wildman–Crippen LogP) is 1.89. The van der Waals surface area contributed by atoms with Crippen molar-refractivity contribution < 1.29 is 19.5 Å². The number of hydrogen-bond acceptors (Lipinski definition) is 4. The SMILES string of the molecule is Cc1ccsc1C(=O)N[C@H](C(=O)N1CCC[C@H]1C(=O)O)C(C)C. The van der Waals surface area contributed by atoms with Crippen LogP contribution >= 0.6 is 11.3 Å². The lowest BCUT2D eigenvalue weighted by atomic mass is 10.0. The smallest absolute Gasteiger partial charge is 0.326 e. The predicted molar refractivity (Wildman–Crippen MR) is 87.5 cm³/mol. The largest absolute Gasteiger partial charge is 0.480 e. The highest BCUT2D eigenvalue weighted by Gasteiger charge is 2.38. The average Bonchev–Trinajstić information content (AvgIpc) is 3.11. The molecule has 1 fully saturated rings. The summed E-state index contributed by atoms with van der Waals surface area (Å²) in [7, 11) is 0. The molecule has 0 aromatic carbocycles. The number of nitrogens with one attached hydrogen (secondary N) is 1. The van der Waals surface area contributed by atoms with Crippen LogP contribution in [0.15, 0.2) is 11.4 Å². The third-order valence-corrected chi connectivity index (χ3v) is 5.12. The van der Waals surface area contributed by atoms with Crippen molar-refractivity contribution in [2.24, 2.45) is 5.92 Å². The first-order valence-corrected chi connectivity index (χ1v) is 8.59. The zero-order valence-corrected chi connectivity index (χ0v) is 14.4. The highest BCUT2D eigenvalue weighted by molar-refractivity contribution is 7.12. The Labute approximate surface area is 139 Å². The molecule has 0 saturated carbocycles. The molecular formula is C16H22N2O4S. The van der Waals surface area contributed by atoms with Crippen molar-refractivity contribution in [2.75, 3.05) is 6.54 Å². The highest BCUT2D eigenvalue weighted by Crippen LogP contribution is 2.21. The average molecular weight is 338 g/mol. The van der Waals surface area contributed by atoms with Gasteiger partial charge in [0.2, 0.25) is 5.91 Å². The van der Waals surface area contributed by atoms with Crippen LogP contribution in [0.2, 0.25) is 0 Å². The van der Waals surface area contributed by atoms with E-state index in [1.54, 1.807) is 0 Å². The normalized spacial score (nSPS) is 19.0.